The van der Waals surface area contributed by atoms with Gasteiger partial charge in [0.15, 0.2) is 5.82 Å². The Morgan fingerprint density at radius 3 is 2.50 bits per heavy atom. The highest BCUT2D eigenvalue weighted by Crippen LogP contribution is 2.22. The number of piperazine rings is 1. The first-order chi connectivity index (χ1) is 14.5. The maximum Gasteiger partial charge on any atom is 0.246 e. The van der Waals surface area contributed by atoms with Crippen LogP contribution in [0, 0.1) is 20.8 Å². The lowest BCUT2D eigenvalue weighted by atomic mass is 10.2. The van der Waals surface area contributed by atoms with Gasteiger partial charge in [-0.1, -0.05) is 5.16 Å². The van der Waals surface area contributed by atoms with Crippen LogP contribution in [0.25, 0.3) is 11.9 Å². The fraction of sp³-hybridized carbons (Fsp3) is 0.348. The van der Waals surface area contributed by atoms with Crippen LogP contribution in [0.2, 0.25) is 0 Å². The molecule has 0 atom stereocenters. The Morgan fingerprint density at radius 1 is 1.10 bits per heavy atom. The van der Waals surface area contributed by atoms with Crippen LogP contribution in [-0.2, 0) is 11.3 Å². The van der Waals surface area contributed by atoms with E-state index >= 15 is 0 Å². The molecule has 156 valence electrons. The van der Waals surface area contributed by atoms with Crippen molar-refractivity contribution in [1.82, 2.24) is 24.5 Å². The molecule has 1 amide bonds. The molecule has 0 N–H and O–H groups in total. The van der Waals surface area contributed by atoms with E-state index in [-0.39, 0.29) is 5.91 Å². The number of pyridine rings is 1. The molecule has 30 heavy (non-hydrogen) atoms. The summed E-state index contributed by atoms with van der Waals surface area (Å²) in [6, 6.07) is 8.05. The van der Waals surface area contributed by atoms with Crippen molar-refractivity contribution in [3.8, 4) is 5.82 Å². The van der Waals surface area contributed by atoms with Crippen LogP contribution in [0.15, 0.2) is 47.3 Å². The summed E-state index contributed by atoms with van der Waals surface area (Å²) in [7, 11) is 0. The molecule has 4 heterocycles. The Labute approximate surface area is 176 Å². The van der Waals surface area contributed by atoms with E-state index in [9.17, 15) is 4.79 Å². The Balaban J connectivity index is 1.37. The summed E-state index contributed by atoms with van der Waals surface area (Å²) in [5.41, 5.74) is 4.35. The molecule has 3 aromatic rings. The van der Waals surface area contributed by atoms with Gasteiger partial charge in [-0.3, -0.25) is 19.2 Å². The number of aryl methyl sites for hydroxylation is 2. The predicted octanol–water partition coefficient (Wildman–Crippen LogP) is 3.14. The van der Waals surface area contributed by atoms with Gasteiger partial charge in [0.1, 0.15) is 5.76 Å². The number of aromatic nitrogens is 3. The van der Waals surface area contributed by atoms with Crippen molar-refractivity contribution in [3.05, 3.63) is 71.0 Å². The predicted molar refractivity (Wildman–Crippen MR) is 115 cm³/mol. The third kappa shape index (κ3) is 4.36. The monoisotopic (exact) mass is 405 g/mol. The molecule has 4 rings (SSSR count). The quantitative estimate of drug-likeness (QED) is 0.610. The van der Waals surface area contributed by atoms with Gasteiger partial charge in [-0.15, -0.1) is 0 Å². The Hall–Kier alpha value is -3.19. The third-order valence-electron chi connectivity index (χ3n) is 5.56. The van der Waals surface area contributed by atoms with Gasteiger partial charge in [0.2, 0.25) is 5.91 Å². The summed E-state index contributed by atoms with van der Waals surface area (Å²) in [5, 5.41) is 4.11. The second-order valence-electron chi connectivity index (χ2n) is 7.75. The summed E-state index contributed by atoms with van der Waals surface area (Å²) < 4.78 is 7.25. The van der Waals surface area contributed by atoms with E-state index in [1.807, 2.05) is 66.9 Å². The molecule has 3 aromatic heterocycles. The molecule has 0 aromatic carbocycles. The minimum absolute atomic E-state index is 0.0562. The lowest BCUT2D eigenvalue weighted by molar-refractivity contribution is -0.127. The van der Waals surface area contributed by atoms with Crippen molar-refractivity contribution in [1.29, 1.82) is 0 Å². The van der Waals surface area contributed by atoms with Gasteiger partial charge in [0, 0.05) is 68.6 Å². The van der Waals surface area contributed by atoms with E-state index in [1.54, 1.807) is 6.08 Å². The average Bonchev–Trinajstić information content (AvgIpc) is 3.29. The van der Waals surface area contributed by atoms with Crippen molar-refractivity contribution in [2.45, 2.75) is 27.3 Å². The maximum atomic E-state index is 12.7. The van der Waals surface area contributed by atoms with Crippen LogP contribution >= 0.6 is 0 Å². The van der Waals surface area contributed by atoms with Crippen molar-refractivity contribution in [2.75, 3.05) is 26.2 Å². The summed E-state index contributed by atoms with van der Waals surface area (Å²) in [6.07, 6.45) is 7.22. The van der Waals surface area contributed by atoms with Gasteiger partial charge >= 0.3 is 0 Å². The average molecular weight is 406 g/mol. The van der Waals surface area contributed by atoms with E-state index in [4.69, 9.17) is 4.52 Å². The van der Waals surface area contributed by atoms with E-state index in [1.165, 1.54) is 5.56 Å². The first-order valence-corrected chi connectivity index (χ1v) is 10.2. The highest BCUT2D eigenvalue weighted by atomic mass is 16.5. The smallest absolute Gasteiger partial charge is 0.246 e. The minimum Gasteiger partial charge on any atom is -0.360 e. The van der Waals surface area contributed by atoms with Crippen molar-refractivity contribution in [3.63, 3.8) is 0 Å². The van der Waals surface area contributed by atoms with Crippen LogP contribution in [0.5, 0.6) is 0 Å². The van der Waals surface area contributed by atoms with Gasteiger partial charge in [-0.05, 0) is 56.2 Å². The summed E-state index contributed by atoms with van der Waals surface area (Å²) in [4.78, 5) is 21.0. The van der Waals surface area contributed by atoms with Crippen molar-refractivity contribution >= 4 is 12.0 Å². The minimum atomic E-state index is 0.0562. The summed E-state index contributed by atoms with van der Waals surface area (Å²) in [6.45, 7) is 10.1. The molecular formula is C23H27N5O2. The highest BCUT2D eigenvalue weighted by molar-refractivity contribution is 5.92. The molecule has 7 nitrogen and oxygen atoms in total. The SMILES string of the molecule is Cc1cc(-n2c(C)cc(/C=C/C(=O)N3CCN(Cc4ccncc4)CC3)c2C)no1. The van der Waals surface area contributed by atoms with Crippen molar-refractivity contribution in [2.24, 2.45) is 0 Å². The van der Waals surface area contributed by atoms with Gasteiger partial charge in [0.05, 0.1) is 0 Å². The lowest BCUT2D eigenvalue weighted by Crippen LogP contribution is -2.47. The van der Waals surface area contributed by atoms with Crippen LogP contribution in [0.4, 0.5) is 0 Å². The molecule has 0 spiro atoms. The summed E-state index contributed by atoms with van der Waals surface area (Å²) in [5.74, 6) is 1.59. The molecule has 7 heteroatoms. The van der Waals surface area contributed by atoms with Crippen LogP contribution in [0.1, 0.15) is 28.3 Å². The standard InChI is InChI=1S/C23H27N5O2/c1-17-14-21(19(3)28(17)22-15-18(2)30-25-22)4-5-23(29)27-12-10-26(11-13-27)16-20-6-8-24-9-7-20/h4-9,14-15H,10-13,16H2,1-3H3/b5-4+. The van der Waals surface area contributed by atoms with Crippen molar-refractivity contribution < 1.29 is 9.32 Å². The van der Waals surface area contributed by atoms with E-state index in [0.717, 1.165) is 61.3 Å². The number of hydrogen-bond acceptors (Lipinski definition) is 5. The maximum absolute atomic E-state index is 12.7. The lowest BCUT2D eigenvalue weighted by Gasteiger charge is -2.34. The molecule has 0 bridgehead atoms. The number of carbonyl (C=O) groups is 1. The summed E-state index contributed by atoms with van der Waals surface area (Å²) >= 11 is 0. The zero-order valence-electron chi connectivity index (χ0n) is 17.7. The number of hydrogen-bond donors (Lipinski definition) is 0. The first-order valence-electron chi connectivity index (χ1n) is 10.2. The molecule has 0 unspecified atom stereocenters. The third-order valence-corrected chi connectivity index (χ3v) is 5.56. The van der Waals surface area contributed by atoms with Gasteiger partial charge in [0.25, 0.3) is 0 Å². The number of amides is 1. The zero-order chi connectivity index (χ0) is 21.1. The van der Waals surface area contributed by atoms with E-state index < -0.39 is 0 Å². The number of nitrogens with zero attached hydrogens (tertiary/aromatic N) is 5. The fourth-order valence-corrected chi connectivity index (χ4v) is 3.91. The van der Waals surface area contributed by atoms with Crippen LogP contribution < -0.4 is 0 Å². The highest BCUT2D eigenvalue weighted by Gasteiger charge is 2.20. The number of carbonyl (C=O) groups excluding carboxylic acids is 1. The molecule has 1 fully saturated rings. The Morgan fingerprint density at radius 2 is 1.83 bits per heavy atom. The largest absolute Gasteiger partial charge is 0.360 e. The molecule has 0 radical (unpaired) electrons. The van der Waals surface area contributed by atoms with E-state index in [2.05, 4.69) is 21.1 Å². The topological polar surface area (TPSA) is 67.4 Å². The molecule has 0 saturated carbocycles. The normalized spacial score (nSPS) is 15.2. The number of rotatable bonds is 5. The Kier molecular flexibility index (Phi) is 5.81. The second-order valence-corrected chi connectivity index (χ2v) is 7.75. The van der Waals surface area contributed by atoms with Crippen LogP contribution in [0.3, 0.4) is 0 Å². The first kappa shape index (κ1) is 20.1. The van der Waals surface area contributed by atoms with E-state index in [0.29, 0.717) is 0 Å². The van der Waals surface area contributed by atoms with Crippen LogP contribution in [-0.4, -0.2) is 56.6 Å². The fourth-order valence-electron chi connectivity index (χ4n) is 3.91. The van der Waals surface area contributed by atoms with Gasteiger partial charge < -0.3 is 9.42 Å². The van der Waals surface area contributed by atoms with Gasteiger partial charge in [-0.2, -0.15) is 0 Å². The zero-order valence-corrected chi connectivity index (χ0v) is 17.7. The molecular weight excluding hydrogens is 378 g/mol. The second kappa shape index (κ2) is 8.67. The van der Waals surface area contributed by atoms with Gasteiger partial charge in [-0.25, -0.2) is 0 Å². The molecule has 1 saturated heterocycles. The molecule has 1 aliphatic rings. The molecule has 0 aliphatic carbocycles. The Bertz CT molecular complexity index is 1040. The molecule has 1 aliphatic heterocycles.